The fraction of sp³-hybridized carbons (Fsp3) is 0.538. The molecule has 2 rings (SSSR count). The summed E-state index contributed by atoms with van der Waals surface area (Å²) in [6, 6.07) is 4.95. The van der Waals surface area contributed by atoms with E-state index in [1.165, 1.54) is 31.7 Å². The van der Waals surface area contributed by atoms with Crippen molar-refractivity contribution in [2.24, 2.45) is 5.92 Å². The zero-order valence-corrected chi connectivity index (χ0v) is 9.11. The smallest absolute Gasteiger partial charge is 0.119 e. The van der Waals surface area contributed by atoms with Gasteiger partial charge in [0.15, 0.2) is 0 Å². The molecule has 0 heterocycles. The quantitative estimate of drug-likeness (QED) is 0.739. The van der Waals surface area contributed by atoms with E-state index in [-0.39, 0.29) is 11.5 Å². The van der Waals surface area contributed by atoms with Crippen LogP contribution in [0.15, 0.2) is 18.2 Å². The first-order chi connectivity index (χ1) is 7.16. The Balaban J connectivity index is 2.27. The lowest BCUT2D eigenvalue weighted by Gasteiger charge is -2.29. The topological polar surface area (TPSA) is 40.5 Å². The van der Waals surface area contributed by atoms with E-state index in [9.17, 15) is 10.2 Å². The highest BCUT2D eigenvalue weighted by molar-refractivity contribution is 5.38. The van der Waals surface area contributed by atoms with Crippen molar-refractivity contribution < 1.29 is 10.2 Å². The monoisotopic (exact) mass is 206 g/mol. The average Bonchev–Trinajstić information content (AvgIpc) is 2.16. The van der Waals surface area contributed by atoms with Crippen LogP contribution >= 0.6 is 0 Å². The molecule has 1 aromatic rings. The Kier molecular flexibility index (Phi) is 2.85. The maximum Gasteiger partial charge on any atom is 0.119 e. The van der Waals surface area contributed by atoms with Gasteiger partial charge in [-0.15, -0.1) is 0 Å². The summed E-state index contributed by atoms with van der Waals surface area (Å²) >= 11 is 0. The lowest BCUT2D eigenvalue weighted by atomic mass is 9.76. The van der Waals surface area contributed by atoms with E-state index in [1.807, 2.05) is 0 Å². The van der Waals surface area contributed by atoms with Crippen LogP contribution in [0, 0.1) is 5.92 Å². The first kappa shape index (κ1) is 10.3. The van der Waals surface area contributed by atoms with Gasteiger partial charge in [0.05, 0.1) is 0 Å². The van der Waals surface area contributed by atoms with Gasteiger partial charge in [-0.2, -0.15) is 0 Å². The second kappa shape index (κ2) is 4.13. The first-order valence-corrected chi connectivity index (χ1v) is 5.70. The minimum absolute atomic E-state index is 0.169. The molecule has 0 saturated heterocycles. The van der Waals surface area contributed by atoms with Crippen LogP contribution in [-0.4, -0.2) is 10.2 Å². The summed E-state index contributed by atoms with van der Waals surface area (Å²) in [5, 5.41) is 18.9. The fourth-order valence-electron chi connectivity index (χ4n) is 2.64. The van der Waals surface area contributed by atoms with Crippen molar-refractivity contribution in [1.29, 1.82) is 0 Å². The second-order valence-corrected chi connectivity index (χ2v) is 4.65. The number of benzene rings is 1. The van der Waals surface area contributed by atoms with Crippen molar-refractivity contribution in [3.63, 3.8) is 0 Å². The van der Waals surface area contributed by atoms with E-state index in [0.29, 0.717) is 11.8 Å². The molecule has 1 aliphatic carbocycles. The Morgan fingerprint density at radius 1 is 1.00 bits per heavy atom. The lowest BCUT2D eigenvalue weighted by Crippen LogP contribution is -2.14. The molecule has 1 aromatic carbocycles. The molecule has 0 radical (unpaired) electrons. The highest BCUT2D eigenvalue weighted by Crippen LogP contribution is 2.39. The Hall–Kier alpha value is -1.18. The predicted molar refractivity (Wildman–Crippen MR) is 60.1 cm³/mol. The van der Waals surface area contributed by atoms with Gasteiger partial charge in [0.1, 0.15) is 11.5 Å². The molecule has 1 aliphatic rings. The maximum absolute atomic E-state index is 9.45. The molecule has 0 amide bonds. The number of phenols is 2. The van der Waals surface area contributed by atoms with Gasteiger partial charge in [-0.3, -0.25) is 0 Å². The van der Waals surface area contributed by atoms with E-state index in [1.54, 1.807) is 12.1 Å². The number of hydrogen-bond acceptors (Lipinski definition) is 2. The largest absolute Gasteiger partial charge is 0.508 e. The average molecular weight is 206 g/mol. The Morgan fingerprint density at radius 3 is 2.20 bits per heavy atom. The van der Waals surface area contributed by atoms with Crippen molar-refractivity contribution in [2.75, 3.05) is 0 Å². The summed E-state index contributed by atoms with van der Waals surface area (Å²) in [5.41, 5.74) is 1.08. The molecule has 0 bridgehead atoms. The number of aromatic hydroxyl groups is 2. The molecule has 0 aliphatic heterocycles. The van der Waals surface area contributed by atoms with Crippen molar-refractivity contribution in [1.82, 2.24) is 0 Å². The third-order valence-electron chi connectivity index (χ3n) is 3.46. The van der Waals surface area contributed by atoms with Crippen LogP contribution < -0.4 is 0 Å². The van der Waals surface area contributed by atoms with E-state index < -0.39 is 0 Å². The highest BCUT2D eigenvalue weighted by Gasteiger charge is 2.23. The summed E-state index contributed by atoms with van der Waals surface area (Å²) in [5.74, 6) is 1.49. The van der Waals surface area contributed by atoms with Crippen LogP contribution in [0.3, 0.4) is 0 Å². The van der Waals surface area contributed by atoms with E-state index >= 15 is 0 Å². The minimum atomic E-state index is 0.169. The van der Waals surface area contributed by atoms with Gasteiger partial charge < -0.3 is 10.2 Å². The van der Waals surface area contributed by atoms with Gasteiger partial charge in [-0.25, -0.2) is 0 Å². The Labute approximate surface area is 90.6 Å². The van der Waals surface area contributed by atoms with Crippen molar-refractivity contribution in [3.05, 3.63) is 23.8 Å². The molecule has 1 saturated carbocycles. The molecule has 2 heteroatoms. The van der Waals surface area contributed by atoms with E-state index in [4.69, 9.17) is 0 Å². The number of phenolic OH excluding ortho intramolecular Hbond substituents is 2. The van der Waals surface area contributed by atoms with Crippen LogP contribution in [0.25, 0.3) is 0 Å². The zero-order valence-electron chi connectivity index (χ0n) is 9.11. The minimum Gasteiger partial charge on any atom is -0.508 e. The number of rotatable bonds is 1. The molecule has 0 unspecified atom stereocenters. The predicted octanol–water partition coefficient (Wildman–Crippen LogP) is 3.39. The fourth-order valence-corrected chi connectivity index (χ4v) is 2.64. The van der Waals surface area contributed by atoms with Crippen LogP contribution in [0.1, 0.15) is 44.1 Å². The van der Waals surface area contributed by atoms with Gasteiger partial charge in [0.25, 0.3) is 0 Å². The van der Waals surface area contributed by atoms with Crippen LogP contribution in [0.4, 0.5) is 0 Å². The standard InChI is InChI=1S/C13H18O2/c1-9-4-2-3-5-13(9)10-6-11(14)8-12(15)7-10/h6-9,13-15H,2-5H2,1H3/t9-,13+/m1/s1. The van der Waals surface area contributed by atoms with Crippen LogP contribution in [-0.2, 0) is 0 Å². The summed E-state index contributed by atoms with van der Waals surface area (Å²) in [6.07, 6.45) is 4.99. The molecular formula is C13H18O2. The van der Waals surface area contributed by atoms with E-state index in [0.717, 1.165) is 5.56 Å². The molecule has 0 aromatic heterocycles. The molecule has 1 fully saturated rings. The SMILES string of the molecule is C[C@@H]1CCCC[C@@H]1c1cc(O)cc(O)c1. The summed E-state index contributed by atoms with van der Waals surface area (Å²) in [6.45, 7) is 2.25. The normalized spacial score (nSPS) is 26.5. The van der Waals surface area contributed by atoms with Gasteiger partial charge in [-0.05, 0) is 36.0 Å². The van der Waals surface area contributed by atoms with Crippen molar-refractivity contribution >= 4 is 0 Å². The lowest BCUT2D eigenvalue weighted by molar-refractivity contribution is 0.328. The van der Waals surface area contributed by atoms with E-state index in [2.05, 4.69) is 6.92 Å². The van der Waals surface area contributed by atoms with Crippen LogP contribution in [0.5, 0.6) is 11.5 Å². The number of hydrogen-bond donors (Lipinski definition) is 2. The second-order valence-electron chi connectivity index (χ2n) is 4.65. The Morgan fingerprint density at radius 2 is 1.60 bits per heavy atom. The first-order valence-electron chi connectivity index (χ1n) is 5.70. The van der Waals surface area contributed by atoms with Gasteiger partial charge in [0.2, 0.25) is 0 Å². The zero-order chi connectivity index (χ0) is 10.8. The van der Waals surface area contributed by atoms with Gasteiger partial charge in [-0.1, -0.05) is 26.2 Å². The summed E-state index contributed by atoms with van der Waals surface area (Å²) in [7, 11) is 0. The van der Waals surface area contributed by atoms with Gasteiger partial charge >= 0.3 is 0 Å². The summed E-state index contributed by atoms with van der Waals surface area (Å²) in [4.78, 5) is 0. The Bertz CT molecular complexity index is 326. The molecule has 15 heavy (non-hydrogen) atoms. The molecule has 0 spiro atoms. The van der Waals surface area contributed by atoms with Gasteiger partial charge in [0, 0.05) is 6.07 Å². The third kappa shape index (κ3) is 2.25. The summed E-state index contributed by atoms with van der Waals surface area (Å²) < 4.78 is 0. The molecule has 2 nitrogen and oxygen atoms in total. The van der Waals surface area contributed by atoms with Crippen molar-refractivity contribution in [3.8, 4) is 11.5 Å². The molecule has 2 atom stereocenters. The molecule has 2 N–H and O–H groups in total. The highest BCUT2D eigenvalue weighted by atomic mass is 16.3. The van der Waals surface area contributed by atoms with Crippen LogP contribution in [0.2, 0.25) is 0 Å². The molecule has 82 valence electrons. The maximum atomic E-state index is 9.45. The van der Waals surface area contributed by atoms with Crippen molar-refractivity contribution in [2.45, 2.75) is 38.5 Å². The molecular weight excluding hydrogens is 188 g/mol. The third-order valence-corrected chi connectivity index (χ3v) is 3.46.